The summed E-state index contributed by atoms with van der Waals surface area (Å²) in [6.07, 6.45) is 1.20. The van der Waals surface area contributed by atoms with Crippen LogP contribution < -0.4 is 10.6 Å². The average molecular weight is 324 g/mol. The number of halogens is 1. The summed E-state index contributed by atoms with van der Waals surface area (Å²) < 4.78 is 7.25. The molecule has 1 aromatic heterocycles. The van der Waals surface area contributed by atoms with Gasteiger partial charge in [-0.05, 0) is 12.1 Å². The van der Waals surface area contributed by atoms with Crippen LogP contribution >= 0.6 is 12.4 Å². The van der Waals surface area contributed by atoms with Crippen LogP contribution in [0.15, 0.2) is 36.7 Å². The van der Waals surface area contributed by atoms with Crippen LogP contribution in [0.3, 0.4) is 0 Å². The number of para-hydroxylation sites is 1. The smallest absolute Gasteiger partial charge is 0.250 e. The summed E-state index contributed by atoms with van der Waals surface area (Å²) in [6.45, 7) is 2.19. The van der Waals surface area contributed by atoms with Gasteiger partial charge in [0.15, 0.2) is 5.82 Å². The predicted octanol–water partition coefficient (Wildman–Crippen LogP) is 0.294. The molecule has 2 N–H and O–H groups in total. The number of benzene rings is 1. The van der Waals surface area contributed by atoms with Crippen LogP contribution in [-0.2, 0) is 16.1 Å². The minimum absolute atomic E-state index is 0. The lowest BCUT2D eigenvalue weighted by Gasteiger charge is -2.22. The Bertz CT molecular complexity index is 598. The van der Waals surface area contributed by atoms with Crippen molar-refractivity contribution in [3.8, 4) is 5.69 Å². The molecule has 2 heterocycles. The number of carbonyl (C=O) groups is 1. The number of carbonyl (C=O) groups excluding carboxylic acids is 1. The summed E-state index contributed by atoms with van der Waals surface area (Å²) in [5.74, 6) is 0.545. The van der Waals surface area contributed by atoms with Gasteiger partial charge in [-0.3, -0.25) is 9.36 Å². The Kier molecular flexibility index (Phi) is 5.88. The molecule has 1 aliphatic heterocycles. The van der Waals surface area contributed by atoms with Crippen molar-refractivity contribution in [2.45, 2.75) is 12.6 Å². The van der Waals surface area contributed by atoms with E-state index in [9.17, 15) is 4.79 Å². The molecular formula is C14H18ClN5O2. The molecule has 8 heteroatoms. The van der Waals surface area contributed by atoms with Crippen LogP contribution in [0.1, 0.15) is 5.82 Å². The molecule has 1 saturated heterocycles. The first-order valence-electron chi connectivity index (χ1n) is 6.89. The Morgan fingerprint density at radius 2 is 2.23 bits per heavy atom. The van der Waals surface area contributed by atoms with E-state index in [1.165, 1.54) is 0 Å². The lowest BCUT2D eigenvalue weighted by molar-refractivity contribution is -0.134. The van der Waals surface area contributed by atoms with E-state index < -0.39 is 6.10 Å². The van der Waals surface area contributed by atoms with Gasteiger partial charge in [0.2, 0.25) is 0 Å². The van der Waals surface area contributed by atoms with Crippen LogP contribution in [0.2, 0.25) is 0 Å². The topological polar surface area (TPSA) is 81.1 Å². The van der Waals surface area contributed by atoms with E-state index in [1.54, 1.807) is 6.33 Å². The Hall–Kier alpha value is -1.96. The van der Waals surface area contributed by atoms with Crippen LogP contribution in [0.4, 0.5) is 0 Å². The second-order valence-electron chi connectivity index (χ2n) is 4.73. The number of nitrogens with zero attached hydrogens (tertiary/aromatic N) is 3. The molecule has 22 heavy (non-hydrogen) atoms. The van der Waals surface area contributed by atoms with Crippen molar-refractivity contribution in [3.05, 3.63) is 42.5 Å². The molecule has 0 spiro atoms. The molecule has 0 saturated carbocycles. The fourth-order valence-corrected chi connectivity index (χ4v) is 2.20. The Balaban J connectivity index is 0.00000176. The summed E-state index contributed by atoms with van der Waals surface area (Å²) in [7, 11) is 0. The van der Waals surface area contributed by atoms with Crippen molar-refractivity contribution in [2.24, 2.45) is 0 Å². The van der Waals surface area contributed by atoms with E-state index in [1.807, 2.05) is 34.9 Å². The minimum atomic E-state index is -0.438. The van der Waals surface area contributed by atoms with Crippen LogP contribution in [0.5, 0.6) is 0 Å². The number of hydrogen-bond donors (Lipinski definition) is 2. The maximum Gasteiger partial charge on any atom is 0.250 e. The maximum absolute atomic E-state index is 12.0. The van der Waals surface area contributed by atoms with Crippen molar-refractivity contribution in [1.29, 1.82) is 0 Å². The monoisotopic (exact) mass is 323 g/mol. The van der Waals surface area contributed by atoms with Gasteiger partial charge in [-0.15, -0.1) is 22.6 Å². The highest BCUT2D eigenvalue weighted by Crippen LogP contribution is 2.08. The number of ether oxygens (including phenoxy) is 1. The molecular weight excluding hydrogens is 306 g/mol. The van der Waals surface area contributed by atoms with Crippen molar-refractivity contribution in [3.63, 3.8) is 0 Å². The lowest BCUT2D eigenvalue weighted by atomic mass is 10.3. The van der Waals surface area contributed by atoms with Crippen LogP contribution in [-0.4, -0.2) is 46.5 Å². The molecule has 3 rings (SSSR count). The van der Waals surface area contributed by atoms with Gasteiger partial charge in [-0.2, -0.15) is 0 Å². The molecule has 7 nitrogen and oxygen atoms in total. The molecule has 1 fully saturated rings. The largest absolute Gasteiger partial charge is 0.366 e. The highest BCUT2D eigenvalue weighted by molar-refractivity contribution is 5.85. The van der Waals surface area contributed by atoms with Gasteiger partial charge in [0.1, 0.15) is 12.4 Å². The maximum atomic E-state index is 12.0. The Morgan fingerprint density at radius 1 is 1.41 bits per heavy atom. The third-order valence-electron chi connectivity index (χ3n) is 3.29. The lowest BCUT2D eigenvalue weighted by Crippen LogP contribution is -2.47. The van der Waals surface area contributed by atoms with Crippen LogP contribution in [0.25, 0.3) is 5.69 Å². The molecule has 1 atom stereocenters. The summed E-state index contributed by atoms with van der Waals surface area (Å²) in [5, 5.41) is 13.9. The van der Waals surface area contributed by atoms with Crippen LogP contribution in [0, 0.1) is 0 Å². The number of nitrogens with one attached hydrogen (secondary N) is 2. The third kappa shape index (κ3) is 3.82. The zero-order valence-electron chi connectivity index (χ0n) is 11.9. The number of aromatic nitrogens is 3. The fourth-order valence-electron chi connectivity index (χ4n) is 2.20. The second kappa shape index (κ2) is 7.88. The van der Waals surface area contributed by atoms with Gasteiger partial charge in [-0.1, -0.05) is 18.2 Å². The number of rotatable bonds is 4. The minimum Gasteiger partial charge on any atom is -0.366 e. The molecule has 2 aromatic rings. The molecule has 1 aromatic carbocycles. The normalized spacial score (nSPS) is 17.5. The standard InChI is InChI=1S/C14H17N5O2.ClH/c20-14(12-8-15-6-7-21-12)16-9-13-18-17-10-19(13)11-4-2-1-3-5-11;/h1-5,10,12,15H,6-9H2,(H,16,20);1H. The average Bonchev–Trinajstić information content (AvgIpc) is 3.03. The van der Waals surface area contributed by atoms with Crippen molar-refractivity contribution < 1.29 is 9.53 Å². The van der Waals surface area contributed by atoms with Crippen molar-refractivity contribution in [1.82, 2.24) is 25.4 Å². The quantitative estimate of drug-likeness (QED) is 0.845. The SMILES string of the molecule is Cl.O=C(NCc1nncn1-c1ccccc1)C1CNCCO1. The van der Waals surface area contributed by atoms with E-state index in [0.29, 0.717) is 25.5 Å². The summed E-state index contributed by atoms with van der Waals surface area (Å²) >= 11 is 0. The molecule has 118 valence electrons. The Morgan fingerprint density at radius 3 is 2.95 bits per heavy atom. The third-order valence-corrected chi connectivity index (χ3v) is 3.29. The molecule has 1 unspecified atom stereocenters. The molecule has 0 aliphatic carbocycles. The van der Waals surface area contributed by atoms with Gasteiger partial charge in [0, 0.05) is 18.8 Å². The zero-order valence-corrected chi connectivity index (χ0v) is 12.8. The van der Waals surface area contributed by atoms with E-state index in [-0.39, 0.29) is 18.3 Å². The summed E-state index contributed by atoms with van der Waals surface area (Å²) in [5.41, 5.74) is 0.960. The number of morpholine rings is 1. The van der Waals surface area contributed by atoms with Gasteiger partial charge in [0.25, 0.3) is 5.91 Å². The molecule has 0 bridgehead atoms. The molecule has 0 radical (unpaired) electrons. The highest BCUT2D eigenvalue weighted by Gasteiger charge is 2.21. The molecule has 1 amide bonds. The van der Waals surface area contributed by atoms with Gasteiger partial charge in [-0.25, -0.2) is 0 Å². The Labute approximate surface area is 134 Å². The van der Waals surface area contributed by atoms with Gasteiger partial charge < -0.3 is 15.4 Å². The highest BCUT2D eigenvalue weighted by atomic mass is 35.5. The zero-order chi connectivity index (χ0) is 14.5. The van der Waals surface area contributed by atoms with E-state index in [0.717, 1.165) is 12.2 Å². The van der Waals surface area contributed by atoms with Crippen molar-refractivity contribution in [2.75, 3.05) is 19.7 Å². The summed E-state index contributed by atoms with van der Waals surface area (Å²) in [4.78, 5) is 12.0. The fraction of sp³-hybridized carbons (Fsp3) is 0.357. The first-order chi connectivity index (χ1) is 10.3. The second-order valence-corrected chi connectivity index (χ2v) is 4.73. The van der Waals surface area contributed by atoms with Gasteiger partial charge >= 0.3 is 0 Å². The molecule has 1 aliphatic rings. The van der Waals surface area contributed by atoms with E-state index in [2.05, 4.69) is 20.8 Å². The summed E-state index contributed by atoms with van der Waals surface area (Å²) in [6, 6.07) is 9.76. The first-order valence-corrected chi connectivity index (χ1v) is 6.89. The first kappa shape index (κ1) is 16.4. The van der Waals surface area contributed by atoms with E-state index >= 15 is 0 Å². The predicted molar refractivity (Wildman–Crippen MR) is 83.1 cm³/mol. The number of amides is 1. The van der Waals surface area contributed by atoms with Gasteiger partial charge in [0.05, 0.1) is 13.2 Å². The van der Waals surface area contributed by atoms with Crippen molar-refractivity contribution >= 4 is 18.3 Å². The van der Waals surface area contributed by atoms with E-state index in [4.69, 9.17) is 4.74 Å². The number of hydrogen-bond acceptors (Lipinski definition) is 5.